The van der Waals surface area contributed by atoms with Gasteiger partial charge in [-0.25, -0.2) is 0 Å². The molecule has 0 aliphatic heterocycles. The van der Waals surface area contributed by atoms with Crippen LogP contribution in [0.3, 0.4) is 0 Å². The van der Waals surface area contributed by atoms with E-state index in [9.17, 15) is 4.79 Å². The molecule has 0 aliphatic rings. The van der Waals surface area contributed by atoms with Crippen molar-refractivity contribution in [3.05, 3.63) is 70.0 Å². The van der Waals surface area contributed by atoms with Gasteiger partial charge in [-0.15, -0.1) is 21.8 Å². The van der Waals surface area contributed by atoms with Gasteiger partial charge in [0.25, 0.3) is 0 Å². The van der Waals surface area contributed by atoms with Crippen molar-refractivity contribution in [1.82, 2.24) is 20.1 Å². The molecule has 3 rings (SSSR count). The molecule has 0 saturated carbocycles. The van der Waals surface area contributed by atoms with Gasteiger partial charge in [0, 0.05) is 10.8 Å². The number of carbonyl (C=O) groups is 1. The summed E-state index contributed by atoms with van der Waals surface area (Å²) in [5.41, 5.74) is 1.80. The van der Waals surface area contributed by atoms with Crippen molar-refractivity contribution in [3.63, 3.8) is 0 Å². The Balaban J connectivity index is 1.99. The summed E-state index contributed by atoms with van der Waals surface area (Å²) in [5, 5.41) is 12.5. The molecule has 3 aromatic rings. The van der Waals surface area contributed by atoms with Gasteiger partial charge in [-0.05, 0) is 37.6 Å². The van der Waals surface area contributed by atoms with E-state index in [0.29, 0.717) is 32.5 Å². The average Bonchev–Trinajstić information content (AvgIpc) is 3.12. The molecular weight excluding hydrogens is 451 g/mol. The van der Waals surface area contributed by atoms with Crippen molar-refractivity contribution in [1.29, 1.82) is 0 Å². The van der Waals surface area contributed by atoms with Crippen LogP contribution in [0, 0.1) is 0 Å². The first kappa shape index (κ1) is 22.0. The van der Waals surface area contributed by atoms with Crippen LogP contribution in [0.5, 0.6) is 0 Å². The highest BCUT2D eigenvalue weighted by Gasteiger charge is 2.23. The van der Waals surface area contributed by atoms with Gasteiger partial charge < -0.3 is 5.32 Å². The largest absolute Gasteiger partial charge is 0.345 e. The van der Waals surface area contributed by atoms with Crippen molar-refractivity contribution in [2.24, 2.45) is 0 Å². The molecule has 0 fully saturated rings. The zero-order valence-electron chi connectivity index (χ0n) is 15.8. The lowest BCUT2D eigenvalue weighted by Crippen LogP contribution is -2.33. The molecule has 1 aromatic heterocycles. The van der Waals surface area contributed by atoms with Crippen molar-refractivity contribution >= 4 is 52.5 Å². The van der Waals surface area contributed by atoms with E-state index >= 15 is 0 Å². The third-order valence-electron chi connectivity index (χ3n) is 4.13. The van der Waals surface area contributed by atoms with E-state index in [4.69, 9.17) is 34.8 Å². The highest BCUT2D eigenvalue weighted by Crippen LogP contribution is 2.32. The van der Waals surface area contributed by atoms with Gasteiger partial charge >= 0.3 is 0 Å². The lowest BCUT2D eigenvalue weighted by atomic mass is 10.2. The predicted molar refractivity (Wildman–Crippen MR) is 119 cm³/mol. The first-order valence-corrected chi connectivity index (χ1v) is 11.1. The van der Waals surface area contributed by atoms with Crippen LogP contribution in [-0.4, -0.2) is 26.0 Å². The maximum atomic E-state index is 12.1. The Bertz CT molecular complexity index is 995. The number of aromatic nitrogens is 3. The van der Waals surface area contributed by atoms with E-state index in [1.165, 1.54) is 11.8 Å². The summed E-state index contributed by atoms with van der Waals surface area (Å²) in [6.07, 6.45) is 0. The van der Waals surface area contributed by atoms with Crippen LogP contribution >= 0.6 is 46.6 Å². The van der Waals surface area contributed by atoms with Gasteiger partial charge in [-0.1, -0.05) is 65.3 Å². The summed E-state index contributed by atoms with van der Waals surface area (Å²) < 4.78 is 1.83. The summed E-state index contributed by atoms with van der Waals surface area (Å²) in [6, 6.07) is 14.8. The second-order valence-corrected chi connectivity index (χ2v) is 8.83. The van der Waals surface area contributed by atoms with Gasteiger partial charge in [-0.3, -0.25) is 9.36 Å². The number of halogens is 3. The summed E-state index contributed by atoms with van der Waals surface area (Å²) in [7, 11) is 0. The molecular formula is C20H19Cl3N4OS. The molecule has 1 N–H and O–H groups in total. The molecule has 2 unspecified atom stereocenters. The van der Waals surface area contributed by atoms with Crippen LogP contribution in [0.1, 0.15) is 31.3 Å². The maximum absolute atomic E-state index is 12.1. The Morgan fingerprint density at radius 2 is 1.86 bits per heavy atom. The number of amides is 1. The van der Waals surface area contributed by atoms with Crippen LogP contribution < -0.4 is 5.32 Å². The van der Waals surface area contributed by atoms with Crippen molar-refractivity contribution < 1.29 is 4.79 Å². The smallest absolute Gasteiger partial charge is 0.238 e. The van der Waals surface area contributed by atoms with E-state index in [1.807, 2.05) is 41.8 Å². The Morgan fingerprint density at radius 3 is 2.55 bits per heavy atom. The number of nitrogens with zero attached hydrogens (tertiary/aromatic N) is 3. The van der Waals surface area contributed by atoms with Crippen molar-refractivity contribution in [2.75, 3.05) is 0 Å². The molecule has 0 bridgehead atoms. The first-order chi connectivity index (χ1) is 13.9. The zero-order chi connectivity index (χ0) is 21.0. The van der Waals surface area contributed by atoms with E-state index in [0.717, 1.165) is 5.56 Å². The van der Waals surface area contributed by atoms with Crippen LogP contribution in [0.4, 0.5) is 0 Å². The SMILES string of the molecule is CC(Cl)C(=O)NC(C)c1nnc(SCc2ccccc2)n1-c1cc(Cl)ccc1Cl. The third kappa shape index (κ3) is 5.45. The van der Waals surface area contributed by atoms with E-state index in [2.05, 4.69) is 15.5 Å². The van der Waals surface area contributed by atoms with Crippen molar-refractivity contribution in [3.8, 4) is 5.69 Å². The molecule has 29 heavy (non-hydrogen) atoms. The standard InChI is InChI=1S/C20H19Cl3N4OS/c1-12(21)19(28)24-13(2)18-25-26-20(29-11-14-6-4-3-5-7-14)27(18)17-10-15(22)8-9-16(17)23/h3-10,12-13H,11H2,1-2H3,(H,24,28). The Morgan fingerprint density at radius 1 is 1.14 bits per heavy atom. The second kappa shape index (κ2) is 9.85. The lowest BCUT2D eigenvalue weighted by molar-refractivity contribution is -0.121. The van der Waals surface area contributed by atoms with E-state index in [1.54, 1.807) is 25.1 Å². The summed E-state index contributed by atoms with van der Waals surface area (Å²) in [5.74, 6) is 0.955. The molecule has 0 radical (unpaired) electrons. The van der Waals surface area contributed by atoms with Gasteiger partial charge in [0.15, 0.2) is 11.0 Å². The average molecular weight is 470 g/mol. The fraction of sp³-hybridized carbons (Fsp3) is 0.250. The normalized spacial score (nSPS) is 13.1. The number of hydrogen-bond acceptors (Lipinski definition) is 4. The topological polar surface area (TPSA) is 59.8 Å². The number of nitrogens with one attached hydrogen (secondary N) is 1. The first-order valence-electron chi connectivity index (χ1n) is 8.88. The van der Waals surface area contributed by atoms with Gasteiger partial charge in [0.2, 0.25) is 5.91 Å². The van der Waals surface area contributed by atoms with Gasteiger partial charge in [-0.2, -0.15) is 0 Å². The molecule has 5 nitrogen and oxygen atoms in total. The quantitative estimate of drug-likeness (QED) is 0.358. The monoisotopic (exact) mass is 468 g/mol. The number of rotatable bonds is 7. The summed E-state index contributed by atoms with van der Waals surface area (Å²) in [6.45, 7) is 3.44. The summed E-state index contributed by atoms with van der Waals surface area (Å²) >= 11 is 20.1. The van der Waals surface area contributed by atoms with E-state index in [-0.39, 0.29) is 5.91 Å². The second-order valence-electron chi connectivity index (χ2n) is 6.39. The predicted octanol–water partition coefficient (Wildman–Crippen LogP) is 5.67. The van der Waals surface area contributed by atoms with Crippen LogP contribution in [-0.2, 0) is 10.5 Å². The van der Waals surface area contributed by atoms with Crippen LogP contribution in [0.2, 0.25) is 10.0 Å². The number of alkyl halides is 1. The number of hydrogen-bond donors (Lipinski definition) is 1. The molecule has 0 saturated heterocycles. The molecule has 2 atom stereocenters. The molecule has 2 aromatic carbocycles. The fourth-order valence-corrected chi connectivity index (χ4v) is 3.99. The molecule has 1 amide bonds. The lowest BCUT2D eigenvalue weighted by Gasteiger charge is -2.18. The van der Waals surface area contributed by atoms with Crippen LogP contribution in [0.15, 0.2) is 53.7 Å². The molecule has 152 valence electrons. The Labute approximate surface area is 188 Å². The highest BCUT2D eigenvalue weighted by atomic mass is 35.5. The fourth-order valence-electron chi connectivity index (χ4n) is 2.65. The summed E-state index contributed by atoms with van der Waals surface area (Å²) in [4.78, 5) is 12.1. The Kier molecular flexibility index (Phi) is 7.46. The van der Waals surface area contributed by atoms with Crippen LogP contribution in [0.25, 0.3) is 5.69 Å². The molecule has 0 spiro atoms. The maximum Gasteiger partial charge on any atom is 0.238 e. The highest BCUT2D eigenvalue weighted by molar-refractivity contribution is 7.98. The zero-order valence-corrected chi connectivity index (χ0v) is 18.9. The van der Waals surface area contributed by atoms with Crippen molar-refractivity contribution in [2.45, 2.75) is 36.2 Å². The van der Waals surface area contributed by atoms with E-state index < -0.39 is 11.4 Å². The minimum atomic E-state index is -0.657. The number of thioether (sulfide) groups is 1. The van der Waals surface area contributed by atoms with Gasteiger partial charge in [0.1, 0.15) is 5.38 Å². The molecule has 9 heteroatoms. The number of benzene rings is 2. The molecule has 1 heterocycles. The molecule has 0 aliphatic carbocycles. The van der Waals surface area contributed by atoms with Gasteiger partial charge in [0.05, 0.1) is 16.8 Å². The minimum absolute atomic E-state index is 0.288. The number of carbonyl (C=O) groups excluding carboxylic acids is 1. The third-order valence-corrected chi connectivity index (χ3v) is 5.88. The Hall–Kier alpha value is -1.73. The minimum Gasteiger partial charge on any atom is -0.345 e.